The third-order valence-corrected chi connectivity index (χ3v) is 0. The van der Waals surface area contributed by atoms with Crippen LogP contribution in [0.4, 0.5) is 0 Å². The first-order valence-corrected chi connectivity index (χ1v) is 8.04. The van der Waals surface area contributed by atoms with Crippen molar-refractivity contribution in [2.75, 3.05) is 0 Å². The van der Waals surface area contributed by atoms with Crippen molar-refractivity contribution in [3.8, 4) is 0 Å². The van der Waals surface area contributed by atoms with Gasteiger partial charge in [-0.15, -0.1) is 0 Å². The van der Waals surface area contributed by atoms with Gasteiger partial charge in [0.1, 0.15) is 0 Å². The van der Waals surface area contributed by atoms with E-state index in [4.69, 9.17) is 21.7 Å². The monoisotopic (exact) mass is 240 g/mol. The Morgan fingerprint density at radius 3 is 1.00 bits per heavy atom. The molecule has 0 unspecified atom stereocenters. The van der Waals surface area contributed by atoms with Crippen LogP contribution in [0.2, 0.25) is 0 Å². The van der Waals surface area contributed by atoms with E-state index in [0.29, 0.717) is 24.7 Å². The van der Waals surface area contributed by atoms with Crippen molar-refractivity contribution in [3.63, 3.8) is 0 Å². The molecule has 0 aliphatic rings. The molecular formula is B4OZr2. The van der Waals surface area contributed by atoms with Crippen LogP contribution in [-0.2, 0) is 44.0 Å². The summed E-state index contributed by atoms with van der Waals surface area (Å²) in [6.45, 7) is 0. The van der Waals surface area contributed by atoms with Gasteiger partial charge in [-0.2, -0.15) is 0 Å². The van der Waals surface area contributed by atoms with Crippen LogP contribution in [-0.4, -0.2) is 18.9 Å². The second kappa shape index (κ2) is 5.95. The maximum atomic E-state index is 8.34. The third-order valence-electron chi connectivity index (χ3n) is 0. The van der Waals surface area contributed by atoms with Crippen molar-refractivity contribution >= 4 is 18.9 Å². The Balaban J connectivity index is 0. The van der Waals surface area contributed by atoms with Crippen LogP contribution in [0.15, 0.2) is 0 Å². The van der Waals surface area contributed by atoms with Crippen molar-refractivity contribution in [1.82, 2.24) is 0 Å². The summed E-state index contributed by atoms with van der Waals surface area (Å²) >= 11 is -2.88. The second-order valence-electron chi connectivity index (χ2n) is 1.00. The average Bonchev–Trinajstić information content (AvgIpc) is 1.36. The predicted octanol–water partition coefficient (Wildman–Crippen LogP) is -1.65. The molecule has 0 radical (unpaired) electrons. The van der Waals surface area contributed by atoms with E-state index in [-0.39, 0.29) is 0 Å². The van der Waals surface area contributed by atoms with Gasteiger partial charge in [-0.25, -0.2) is 0 Å². The van der Waals surface area contributed by atoms with E-state index in [9.17, 15) is 0 Å². The molecular weight excluding hydrogens is 242 g/mol. The zero-order chi connectivity index (χ0) is 6.50. The van der Waals surface area contributed by atoms with Gasteiger partial charge in [-0.3, -0.25) is 0 Å². The summed E-state index contributed by atoms with van der Waals surface area (Å²) in [6.07, 6.45) is 0. The standard InChI is InChI=1S/4B.O.2Zr. The Bertz CT molecular complexity index is 469. The summed E-state index contributed by atoms with van der Waals surface area (Å²) < 4.78 is 27.9. The minimum atomic E-state index is -3.18. The molecule has 0 heterocycles. The van der Waals surface area contributed by atoms with Gasteiger partial charge in [0.05, 0.1) is 0 Å². The van der Waals surface area contributed by atoms with Crippen molar-refractivity contribution in [1.29, 1.82) is 0 Å². The summed E-state index contributed by atoms with van der Waals surface area (Å²) in [7, 11) is 0. The van der Waals surface area contributed by atoms with Gasteiger partial charge in [0, 0.05) is 0 Å². The number of hydrogen-bond acceptors (Lipinski definition) is 1. The molecule has 0 aromatic rings. The van der Waals surface area contributed by atoms with E-state index in [0.717, 1.165) is 0 Å². The first-order valence-electron chi connectivity index (χ1n) is 1.36. The number of hydrogen-bond donors (Lipinski definition) is 0. The summed E-state index contributed by atoms with van der Waals surface area (Å²) in [5.74, 6) is 0. The van der Waals surface area contributed by atoms with Crippen LogP contribution >= 0.6 is 0 Å². The van der Waals surface area contributed by atoms with Crippen molar-refractivity contribution < 1.29 is 44.0 Å². The van der Waals surface area contributed by atoms with Gasteiger partial charge in [0.25, 0.3) is 0 Å². The Kier molecular flexibility index (Phi) is 9.87. The van der Waals surface area contributed by atoms with Crippen LogP contribution in [0.1, 0.15) is 0 Å². The van der Waals surface area contributed by atoms with Crippen molar-refractivity contribution in [2.45, 2.75) is 0 Å². The predicted molar refractivity (Wildman–Crippen MR) is 23.7 cm³/mol. The zero-order valence-corrected chi connectivity index (χ0v) is 8.63. The first-order chi connectivity index (χ1) is 3.00. The minimum absolute atomic E-state index is 0.300. The van der Waals surface area contributed by atoms with Crippen molar-refractivity contribution in [2.24, 2.45) is 0 Å². The van der Waals surface area contributed by atoms with E-state index >= 15 is 0 Å². The molecule has 0 aliphatic heterocycles. The molecule has 0 saturated heterocycles. The van der Waals surface area contributed by atoms with Crippen molar-refractivity contribution in [3.05, 3.63) is 0 Å². The molecule has 7 heavy (non-hydrogen) atoms. The molecule has 0 aliphatic carbocycles. The van der Waals surface area contributed by atoms with Gasteiger partial charge in [-0.05, 0) is 0 Å². The molecule has 0 aromatic heterocycles. The van der Waals surface area contributed by atoms with Gasteiger partial charge in [0.15, 0.2) is 0 Å². The summed E-state index contributed by atoms with van der Waals surface area (Å²) in [6, 6.07) is 0. The molecule has 0 aromatic carbocycles. The fourth-order valence-corrected chi connectivity index (χ4v) is 0. The van der Waals surface area contributed by atoms with Gasteiger partial charge >= 0.3 is 62.9 Å². The molecule has 7 heteroatoms. The fraction of sp³-hybridized carbons (Fsp3) is 0. The molecule has 0 N–H and O–H groups in total. The fourth-order valence-electron chi connectivity index (χ4n) is 0. The van der Waals surface area contributed by atoms with E-state index in [1.807, 2.05) is 0 Å². The van der Waals surface area contributed by atoms with Crippen LogP contribution in [0.25, 0.3) is 0 Å². The van der Waals surface area contributed by atoms with Gasteiger partial charge in [-0.1, -0.05) is 0 Å². The van der Waals surface area contributed by atoms with Gasteiger partial charge in [0.2, 0.25) is 0 Å². The molecule has 0 fully saturated rings. The topological polar surface area (TPSA) is 17.1 Å². The molecule has 0 atom stereocenters. The molecule has 0 spiro atoms. The van der Waals surface area contributed by atoms with Crippen LogP contribution in [0.5, 0.6) is 0 Å². The van der Waals surface area contributed by atoms with Gasteiger partial charge < -0.3 is 0 Å². The quantitative estimate of drug-likeness (QED) is 0.465. The maximum absolute atomic E-state index is 8.34. The molecule has 0 rings (SSSR count). The van der Waals surface area contributed by atoms with Crippen LogP contribution in [0.3, 0.4) is 0 Å². The third kappa shape index (κ3) is 79.7. The second-order valence-corrected chi connectivity index (χ2v) is 5.92. The van der Waals surface area contributed by atoms with Crippen LogP contribution in [0, 0.1) is 0 Å². The summed E-state index contributed by atoms with van der Waals surface area (Å²) in [4.78, 5) is 0. The first kappa shape index (κ1) is 11.6. The Morgan fingerprint density at radius 1 is 1.00 bits per heavy atom. The molecule has 0 amide bonds. The van der Waals surface area contributed by atoms with E-state index < -0.39 is 16.5 Å². The Hall–Kier alpha value is 1.83. The SMILES string of the molecule is [B]#[Zr](#[B])(#[B])#[B].[O]=[Zr]. The van der Waals surface area contributed by atoms with E-state index in [1.165, 1.54) is 0 Å². The normalized spacial score (nSPS) is 11.9. The molecule has 0 bridgehead atoms. The summed E-state index contributed by atoms with van der Waals surface area (Å²) in [5, 5.41) is 0. The molecule has 1 nitrogen and oxygen atoms in total. The number of rotatable bonds is 0. The van der Waals surface area contributed by atoms with Crippen LogP contribution < -0.4 is 0 Å². The Labute approximate surface area is 62.0 Å². The van der Waals surface area contributed by atoms with E-state index in [2.05, 4.69) is 0 Å². The summed E-state index contributed by atoms with van der Waals surface area (Å²) in [5.41, 5.74) is 0. The molecule has 26 valence electrons. The van der Waals surface area contributed by atoms with E-state index in [1.54, 1.807) is 0 Å². The molecule has 0 saturated carbocycles. The zero-order valence-electron chi connectivity index (χ0n) is 3.72. The average molecular weight is 242 g/mol. The Morgan fingerprint density at radius 2 is 1.00 bits per heavy atom.